The fourth-order valence-electron chi connectivity index (χ4n) is 4.43. The minimum atomic E-state index is 0. The van der Waals surface area contributed by atoms with E-state index in [4.69, 9.17) is 4.74 Å². The first-order valence-electron chi connectivity index (χ1n) is 13.6. The SMILES string of the molecule is CCCCCCn1nnc(-c2[c-]c(Oc3[c-]c(-c4nnn(CCCCCC)c4C)ccc3)ccc2)c1C.[Pt+2]. The van der Waals surface area contributed by atoms with Gasteiger partial charge in [0.2, 0.25) is 0 Å². The Morgan fingerprint density at radius 3 is 1.53 bits per heavy atom. The van der Waals surface area contributed by atoms with E-state index in [1.807, 2.05) is 45.8 Å². The number of hydrogen-bond acceptors (Lipinski definition) is 5. The fraction of sp³-hybridized carbons (Fsp3) is 0.467. The molecule has 0 N–H and O–H groups in total. The zero-order valence-electron chi connectivity index (χ0n) is 22.9. The summed E-state index contributed by atoms with van der Waals surface area (Å²) in [7, 11) is 0. The number of hydrogen-bond donors (Lipinski definition) is 0. The van der Waals surface area contributed by atoms with Gasteiger partial charge in [-0.3, -0.25) is 9.36 Å². The van der Waals surface area contributed by atoms with Gasteiger partial charge in [-0.05, 0) is 26.7 Å². The van der Waals surface area contributed by atoms with Gasteiger partial charge < -0.3 is 4.74 Å². The number of aryl methyl sites for hydroxylation is 2. The van der Waals surface area contributed by atoms with Crippen LogP contribution >= 0.6 is 0 Å². The van der Waals surface area contributed by atoms with Crippen molar-refractivity contribution in [3.05, 3.63) is 59.9 Å². The largest absolute Gasteiger partial charge is 2.00 e. The van der Waals surface area contributed by atoms with Crippen molar-refractivity contribution < 1.29 is 25.8 Å². The minimum absolute atomic E-state index is 0. The first kappa shape index (κ1) is 29.8. The van der Waals surface area contributed by atoms with Crippen LogP contribution in [0.15, 0.2) is 36.4 Å². The Labute approximate surface area is 241 Å². The van der Waals surface area contributed by atoms with E-state index < -0.39 is 0 Å². The summed E-state index contributed by atoms with van der Waals surface area (Å²) < 4.78 is 10.1. The van der Waals surface area contributed by atoms with Crippen LogP contribution in [0.1, 0.15) is 76.6 Å². The van der Waals surface area contributed by atoms with Crippen LogP contribution < -0.4 is 4.74 Å². The molecule has 0 saturated carbocycles. The summed E-state index contributed by atoms with van der Waals surface area (Å²) in [6.07, 6.45) is 9.61. The van der Waals surface area contributed by atoms with Crippen molar-refractivity contribution in [1.29, 1.82) is 0 Å². The van der Waals surface area contributed by atoms with Gasteiger partial charge in [0, 0.05) is 47.4 Å². The summed E-state index contributed by atoms with van der Waals surface area (Å²) in [4.78, 5) is 0. The molecule has 0 aliphatic heterocycles. The van der Waals surface area contributed by atoms with Crippen LogP contribution in [-0.4, -0.2) is 30.0 Å². The van der Waals surface area contributed by atoms with Gasteiger partial charge in [0.05, 0.1) is 0 Å². The number of nitrogens with zero attached hydrogens (tertiary/aromatic N) is 6. The van der Waals surface area contributed by atoms with E-state index in [-0.39, 0.29) is 21.1 Å². The van der Waals surface area contributed by atoms with E-state index in [9.17, 15) is 0 Å². The quantitative estimate of drug-likeness (QED) is 0.102. The monoisotopic (exact) mass is 693 g/mol. The number of benzene rings is 2. The summed E-state index contributed by atoms with van der Waals surface area (Å²) in [6, 6.07) is 18.4. The van der Waals surface area contributed by atoms with Crippen LogP contribution in [-0.2, 0) is 34.2 Å². The van der Waals surface area contributed by atoms with Crippen LogP contribution in [0.25, 0.3) is 22.5 Å². The van der Waals surface area contributed by atoms with Gasteiger partial charge in [-0.1, -0.05) is 74.9 Å². The van der Waals surface area contributed by atoms with Crippen molar-refractivity contribution in [2.75, 3.05) is 0 Å². The molecule has 0 bridgehead atoms. The molecule has 4 rings (SSSR count). The molecule has 4 aromatic rings. The van der Waals surface area contributed by atoms with Crippen LogP contribution in [0.2, 0.25) is 0 Å². The summed E-state index contributed by atoms with van der Waals surface area (Å²) >= 11 is 0. The molecule has 7 nitrogen and oxygen atoms in total. The maximum atomic E-state index is 6.16. The standard InChI is InChI=1S/C30H38N6O.Pt/c1-5-7-9-11-19-35-23(3)29(31-33-35)25-15-13-17-27(21-25)37-28-18-14-16-26(22-28)30-24(4)36(34-32-30)20-12-10-8-6-2;/h13-18H,5-12,19-20H2,1-4H3;/q-2;+2. The molecule has 0 aliphatic carbocycles. The van der Waals surface area contributed by atoms with Crippen molar-refractivity contribution in [3.63, 3.8) is 0 Å². The van der Waals surface area contributed by atoms with E-state index in [1.54, 1.807) is 0 Å². The van der Waals surface area contributed by atoms with Gasteiger partial charge in [-0.2, -0.15) is 10.2 Å². The minimum Gasteiger partial charge on any atom is -0.497 e. The number of aromatic nitrogens is 6. The molecular weight excluding hydrogens is 655 g/mol. The van der Waals surface area contributed by atoms with Crippen molar-refractivity contribution in [1.82, 2.24) is 30.0 Å². The van der Waals surface area contributed by atoms with E-state index >= 15 is 0 Å². The molecule has 2 heterocycles. The average molecular weight is 694 g/mol. The molecule has 8 heteroatoms. The Morgan fingerprint density at radius 2 is 1.11 bits per heavy atom. The molecule has 0 aliphatic rings. The average Bonchev–Trinajstić information content (AvgIpc) is 3.46. The van der Waals surface area contributed by atoms with Crippen LogP contribution in [0.3, 0.4) is 0 Å². The maximum Gasteiger partial charge on any atom is 2.00 e. The van der Waals surface area contributed by atoms with E-state index in [0.717, 1.165) is 59.8 Å². The summed E-state index contributed by atoms with van der Waals surface area (Å²) in [5.41, 5.74) is 5.51. The van der Waals surface area contributed by atoms with E-state index in [2.05, 4.69) is 60.5 Å². The second-order valence-electron chi connectivity index (χ2n) is 9.57. The predicted molar refractivity (Wildman–Crippen MR) is 146 cm³/mol. The normalized spacial score (nSPS) is 10.9. The first-order chi connectivity index (χ1) is 18.1. The third-order valence-corrected chi connectivity index (χ3v) is 6.68. The third-order valence-electron chi connectivity index (χ3n) is 6.68. The fourth-order valence-corrected chi connectivity index (χ4v) is 4.43. The van der Waals surface area contributed by atoms with Crippen molar-refractivity contribution in [2.24, 2.45) is 0 Å². The van der Waals surface area contributed by atoms with Gasteiger partial charge in [0.15, 0.2) is 0 Å². The van der Waals surface area contributed by atoms with Crippen molar-refractivity contribution in [2.45, 2.75) is 92.2 Å². The maximum absolute atomic E-state index is 6.16. The van der Waals surface area contributed by atoms with Crippen molar-refractivity contribution in [3.8, 4) is 34.0 Å². The van der Waals surface area contributed by atoms with E-state index in [1.165, 1.54) is 38.5 Å². The number of ether oxygens (including phenoxy) is 1. The van der Waals surface area contributed by atoms with Crippen LogP contribution in [0.5, 0.6) is 11.5 Å². The Kier molecular flexibility index (Phi) is 11.7. The van der Waals surface area contributed by atoms with Crippen LogP contribution in [0.4, 0.5) is 0 Å². The smallest absolute Gasteiger partial charge is 0.497 e. The topological polar surface area (TPSA) is 70.7 Å². The summed E-state index contributed by atoms with van der Waals surface area (Å²) in [5.74, 6) is 1.22. The van der Waals surface area contributed by atoms with Gasteiger partial charge in [-0.25, -0.2) is 0 Å². The molecule has 38 heavy (non-hydrogen) atoms. The molecule has 0 unspecified atom stereocenters. The molecule has 0 atom stereocenters. The molecule has 0 radical (unpaired) electrons. The van der Waals surface area contributed by atoms with Gasteiger partial charge in [0.1, 0.15) is 0 Å². The van der Waals surface area contributed by atoms with Crippen molar-refractivity contribution >= 4 is 0 Å². The molecular formula is C30H38N6OPt. The molecule has 0 spiro atoms. The Balaban J connectivity index is 0.00000400. The van der Waals surface area contributed by atoms with Gasteiger partial charge in [0.25, 0.3) is 0 Å². The number of unbranched alkanes of at least 4 members (excludes halogenated alkanes) is 6. The van der Waals surface area contributed by atoms with E-state index in [0.29, 0.717) is 11.5 Å². The second kappa shape index (κ2) is 15.0. The molecule has 204 valence electrons. The number of rotatable bonds is 14. The molecule has 0 saturated heterocycles. The predicted octanol–water partition coefficient (Wildman–Crippen LogP) is 7.37. The summed E-state index contributed by atoms with van der Waals surface area (Å²) in [6.45, 7) is 10.3. The molecule has 0 amide bonds. The van der Waals surface area contributed by atoms with Gasteiger partial charge >= 0.3 is 21.1 Å². The van der Waals surface area contributed by atoms with Gasteiger partial charge in [-0.15, -0.1) is 47.5 Å². The Hall–Kier alpha value is -2.79. The third kappa shape index (κ3) is 7.63. The Morgan fingerprint density at radius 1 is 0.658 bits per heavy atom. The molecule has 2 aromatic carbocycles. The second-order valence-corrected chi connectivity index (χ2v) is 9.57. The van der Waals surface area contributed by atoms with Crippen LogP contribution in [0, 0.1) is 26.0 Å². The first-order valence-corrected chi connectivity index (χ1v) is 13.6. The Bertz CT molecular complexity index is 1180. The zero-order chi connectivity index (χ0) is 26.0. The molecule has 2 aromatic heterocycles. The summed E-state index contributed by atoms with van der Waals surface area (Å²) in [5, 5.41) is 17.6. The zero-order valence-corrected chi connectivity index (χ0v) is 25.2. The molecule has 0 fully saturated rings.